The molecule has 49 heavy (non-hydrogen) atoms. The first-order valence-corrected chi connectivity index (χ1v) is 19.7. The van der Waals surface area contributed by atoms with Crippen LogP contribution in [-0.4, -0.2) is 8.07 Å². The zero-order valence-electron chi connectivity index (χ0n) is 26.8. The maximum absolute atomic E-state index is 2.55. The molecule has 0 aromatic heterocycles. The van der Waals surface area contributed by atoms with Crippen molar-refractivity contribution < 1.29 is 0 Å². The van der Waals surface area contributed by atoms with Crippen LogP contribution in [0.15, 0.2) is 198 Å². The van der Waals surface area contributed by atoms with Crippen molar-refractivity contribution >= 4 is 68.4 Å². The largest absolute Gasteiger partial charge is 0.310 e. The van der Waals surface area contributed by atoms with Gasteiger partial charge < -0.3 is 4.90 Å². The molecule has 0 unspecified atom stereocenters. The summed E-state index contributed by atoms with van der Waals surface area (Å²) in [5.41, 5.74) is 8.69. The quantitative estimate of drug-likeness (QED) is 0.173. The number of rotatable bonds is 4. The highest BCUT2D eigenvalue weighted by molar-refractivity contribution is 8.00. The van der Waals surface area contributed by atoms with E-state index in [0.29, 0.717) is 0 Å². The highest BCUT2D eigenvalue weighted by atomic mass is 32.2. The lowest BCUT2D eigenvalue weighted by molar-refractivity contribution is 1.28. The van der Waals surface area contributed by atoms with Crippen molar-refractivity contribution in [2.24, 2.45) is 0 Å². The highest BCUT2D eigenvalue weighted by Gasteiger charge is 2.52. The van der Waals surface area contributed by atoms with Gasteiger partial charge in [0.2, 0.25) is 0 Å². The molecule has 0 saturated heterocycles. The Hall–Kier alpha value is -5.61. The molecule has 1 spiro atoms. The fourth-order valence-electron chi connectivity index (χ4n) is 8.25. The summed E-state index contributed by atoms with van der Waals surface area (Å²) in [4.78, 5) is 5.17. The molecule has 2 heterocycles. The first-order valence-electron chi connectivity index (χ1n) is 16.9. The minimum Gasteiger partial charge on any atom is -0.310 e. The molecule has 3 heteroatoms. The Morgan fingerprint density at radius 2 is 0.959 bits per heavy atom. The number of fused-ring (bicyclic) bond motifs is 10. The molecule has 8 aromatic carbocycles. The van der Waals surface area contributed by atoms with Crippen LogP contribution in [0.3, 0.4) is 0 Å². The standard InChI is InChI=1S/C46H31NSSi/c1-2-13-32(14-3-1)33-25-27-35(28-26-33)47(40-20-12-16-34-15-4-5-17-37(34)40)36-29-30-46-42(31-36)48-41-21-8-11-24-45(41)49(46)43-22-9-6-18-38(43)39-19-7-10-23-44(39)49/h1-31H. The van der Waals surface area contributed by atoms with Gasteiger partial charge in [-0.05, 0) is 84.8 Å². The van der Waals surface area contributed by atoms with Crippen LogP contribution in [0.2, 0.25) is 0 Å². The van der Waals surface area contributed by atoms with Crippen LogP contribution in [0.1, 0.15) is 0 Å². The fourth-order valence-corrected chi connectivity index (χ4v) is 15.6. The van der Waals surface area contributed by atoms with Gasteiger partial charge in [0.1, 0.15) is 0 Å². The Labute approximate surface area is 292 Å². The van der Waals surface area contributed by atoms with E-state index >= 15 is 0 Å². The van der Waals surface area contributed by atoms with Crippen molar-refractivity contribution in [3.05, 3.63) is 188 Å². The topological polar surface area (TPSA) is 3.24 Å². The van der Waals surface area contributed by atoms with Crippen molar-refractivity contribution in [1.82, 2.24) is 0 Å². The summed E-state index contributed by atoms with van der Waals surface area (Å²) >= 11 is 1.93. The molecule has 2 aliphatic rings. The number of hydrogen-bond donors (Lipinski definition) is 0. The van der Waals surface area contributed by atoms with Crippen molar-refractivity contribution in [3.8, 4) is 22.3 Å². The third-order valence-electron chi connectivity index (χ3n) is 10.3. The normalized spacial score (nSPS) is 13.4. The minimum absolute atomic E-state index is 1.14. The summed E-state index contributed by atoms with van der Waals surface area (Å²) < 4.78 is 0. The zero-order chi connectivity index (χ0) is 32.4. The van der Waals surface area contributed by atoms with Crippen LogP contribution in [-0.2, 0) is 0 Å². The lowest BCUT2D eigenvalue weighted by atomic mass is 10.0. The Kier molecular flexibility index (Phi) is 6.51. The minimum atomic E-state index is -2.55. The van der Waals surface area contributed by atoms with Crippen molar-refractivity contribution in [2.75, 3.05) is 4.90 Å². The summed E-state index contributed by atoms with van der Waals surface area (Å²) in [5.74, 6) is 0. The average molecular weight is 658 g/mol. The molecular weight excluding hydrogens is 627 g/mol. The summed E-state index contributed by atoms with van der Waals surface area (Å²) in [6.45, 7) is 0. The van der Waals surface area contributed by atoms with Crippen LogP contribution in [0.5, 0.6) is 0 Å². The predicted molar refractivity (Wildman–Crippen MR) is 211 cm³/mol. The van der Waals surface area contributed by atoms with Gasteiger partial charge in [-0.1, -0.05) is 163 Å². The Morgan fingerprint density at radius 3 is 1.73 bits per heavy atom. The molecule has 0 saturated carbocycles. The van der Waals surface area contributed by atoms with Crippen molar-refractivity contribution in [2.45, 2.75) is 9.79 Å². The SMILES string of the molecule is c1ccc(-c2ccc(N(c3ccc4c(c3)Sc3ccccc3[Si]43c4ccccc4-c4ccccc43)c3cccc4ccccc34)cc2)cc1. The summed E-state index contributed by atoms with van der Waals surface area (Å²) in [6.07, 6.45) is 0. The predicted octanol–water partition coefficient (Wildman–Crippen LogP) is 9.80. The average Bonchev–Trinajstić information content (AvgIpc) is 3.46. The molecular formula is C46H31NSSi. The van der Waals surface area contributed by atoms with Gasteiger partial charge >= 0.3 is 0 Å². The Balaban J connectivity index is 1.21. The first kappa shape index (κ1) is 28.4. The van der Waals surface area contributed by atoms with E-state index in [-0.39, 0.29) is 0 Å². The number of hydrogen-bond acceptors (Lipinski definition) is 2. The molecule has 1 nitrogen and oxygen atoms in total. The zero-order valence-corrected chi connectivity index (χ0v) is 28.6. The van der Waals surface area contributed by atoms with Gasteiger partial charge in [0.25, 0.3) is 0 Å². The number of benzene rings is 8. The van der Waals surface area contributed by atoms with Crippen LogP contribution < -0.4 is 25.6 Å². The summed E-state index contributed by atoms with van der Waals surface area (Å²) in [5, 5.41) is 8.45. The molecule has 0 amide bonds. The van der Waals surface area contributed by atoms with Gasteiger partial charge in [-0.15, -0.1) is 0 Å². The smallest absolute Gasteiger partial charge is 0.183 e. The van der Waals surface area contributed by atoms with Crippen molar-refractivity contribution in [1.29, 1.82) is 0 Å². The molecule has 2 aliphatic heterocycles. The van der Waals surface area contributed by atoms with E-state index in [4.69, 9.17) is 0 Å². The van der Waals surface area contributed by atoms with Crippen molar-refractivity contribution in [3.63, 3.8) is 0 Å². The van der Waals surface area contributed by atoms with Crippen LogP contribution in [0.4, 0.5) is 17.1 Å². The maximum Gasteiger partial charge on any atom is 0.183 e. The van der Waals surface area contributed by atoms with Crippen LogP contribution in [0, 0.1) is 0 Å². The van der Waals surface area contributed by atoms with E-state index in [1.54, 1.807) is 0 Å². The third kappa shape index (κ3) is 4.26. The molecule has 0 fully saturated rings. The monoisotopic (exact) mass is 657 g/mol. The second-order valence-corrected chi connectivity index (χ2v) is 17.6. The van der Waals surface area contributed by atoms with Gasteiger partial charge in [0.05, 0.1) is 5.69 Å². The first-order chi connectivity index (χ1) is 24.3. The number of nitrogens with zero attached hydrogens (tertiary/aromatic N) is 1. The molecule has 10 rings (SSSR count). The summed E-state index contributed by atoms with van der Waals surface area (Å²) in [6, 6.07) is 69.8. The van der Waals surface area contributed by atoms with Crippen LogP contribution >= 0.6 is 11.8 Å². The highest BCUT2D eigenvalue weighted by Crippen LogP contribution is 2.43. The molecule has 230 valence electrons. The fraction of sp³-hybridized carbons (Fsp3) is 0. The second-order valence-electron chi connectivity index (χ2n) is 12.9. The molecule has 8 aromatic rings. The Morgan fingerprint density at radius 1 is 0.388 bits per heavy atom. The molecule has 0 atom stereocenters. The maximum atomic E-state index is 2.47. The molecule has 0 N–H and O–H groups in total. The van der Waals surface area contributed by atoms with E-state index in [9.17, 15) is 0 Å². The Bertz CT molecular complexity index is 2490. The van der Waals surface area contributed by atoms with Crippen LogP contribution in [0.25, 0.3) is 33.0 Å². The van der Waals surface area contributed by atoms with Gasteiger partial charge in [-0.3, -0.25) is 0 Å². The van der Waals surface area contributed by atoms with Gasteiger partial charge in [0, 0.05) is 26.6 Å². The third-order valence-corrected chi connectivity index (χ3v) is 16.8. The van der Waals surface area contributed by atoms with E-state index < -0.39 is 8.07 Å². The van der Waals surface area contributed by atoms with E-state index in [2.05, 4.69) is 193 Å². The second kappa shape index (κ2) is 11.2. The molecule has 0 bridgehead atoms. The lowest BCUT2D eigenvalue weighted by Crippen LogP contribution is -2.74. The van der Waals surface area contributed by atoms with E-state index in [0.717, 1.165) is 11.4 Å². The number of anilines is 3. The van der Waals surface area contributed by atoms with Gasteiger partial charge in [-0.25, -0.2) is 0 Å². The molecule has 0 radical (unpaired) electrons. The van der Waals surface area contributed by atoms with Gasteiger partial charge in [-0.2, -0.15) is 0 Å². The van der Waals surface area contributed by atoms with E-state index in [1.807, 2.05) is 11.8 Å². The lowest BCUT2D eigenvalue weighted by Gasteiger charge is -2.38. The molecule has 0 aliphatic carbocycles. The van der Waals surface area contributed by atoms with E-state index in [1.165, 1.54) is 69.3 Å². The van der Waals surface area contributed by atoms with Gasteiger partial charge in [0.15, 0.2) is 8.07 Å². The summed E-state index contributed by atoms with van der Waals surface area (Å²) in [7, 11) is -2.55.